The smallest absolute Gasteiger partial charge is 0.311 e. The van der Waals surface area contributed by atoms with Crippen LogP contribution < -0.4 is 0 Å². The first-order chi connectivity index (χ1) is 10.00. The number of carbonyl (C=O) groups is 1. The summed E-state index contributed by atoms with van der Waals surface area (Å²) in [6.07, 6.45) is 5.45. The van der Waals surface area contributed by atoms with Crippen LogP contribution >= 0.6 is 0 Å². The van der Waals surface area contributed by atoms with Gasteiger partial charge in [0.25, 0.3) is 0 Å². The number of ether oxygens (including phenoxy) is 3. The average molecular weight is 296 g/mol. The van der Waals surface area contributed by atoms with E-state index in [0.717, 1.165) is 32.3 Å². The summed E-state index contributed by atoms with van der Waals surface area (Å²) in [6, 6.07) is 0. The van der Waals surface area contributed by atoms with Gasteiger partial charge in [0.2, 0.25) is 5.79 Å². The molecule has 0 amide bonds. The highest BCUT2D eigenvalue weighted by molar-refractivity contribution is 5.71. The summed E-state index contributed by atoms with van der Waals surface area (Å²) in [5.74, 6) is 0.606. The van der Waals surface area contributed by atoms with Crippen molar-refractivity contribution in [3.63, 3.8) is 0 Å². The predicted molar refractivity (Wildman–Crippen MR) is 78.6 cm³/mol. The summed E-state index contributed by atoms with van der Waals surface area (Å²) in [7, 11) is 0. The third-order valence-corrected chi connectivity index (χ3v) is 5.60. The summed E-state index contributed by atoms with van der Waals surface area (Å²) in [5.41, 5.74) is 0. The topological polar surface area (TPSA) is 44.8 Å². The molecule has 2 aliphatic heterocycles. The monoisotopic (exact) mass is 296 g/mol. The van der Waals surface area contributed by atoms with Crippen LogP contribution in [0.1, 0.15) is 59.3 Å². The summed E-state index contributed by atoms with van der Waals surface area (Å²) in [4.78, 5) is 12.2. The van der Waals surface area contributed by atoms with Gasteiger partial charge in [-0.05, 0) is 37.5 Å². The van der Waals surface area contributed by atoms with Crippen molar-refractivity contribution in [1.29, 1.82) is 0 Å². The minimum atomic E-state index is -0.709. The van der Waals surface area contributed by atoms with Gasteiger partial charge in [-0.15, -0.1) is 0 Å². The largest absolute Gasteiger partial charge is 0.433 e. The molecule has 0 aromatic carbocycles. The number of carbonyl (C=O) groups excluding carboxylic acids is 1. The molecule has 3 rings (SSSR count). The lowest BCUT2D eigenvalue weighted by Crippen LogP contribution is -2.56. The fourth-order valence-electron chi connectivity index (χ4n) is 4.05. The molecule has 1 spiro atoms. The quantitative estimate of drug-likeness (QED) is 0.734. The van der Waals surface area contributed by atoms with Crippen molar-refractivity contribution in [2.45, 2.75) is 77.3 Å². The van der Waals surface area contributed by atoms with Gasteiger partial charge in [-0.25, -0.2) is 0 Å². The molecule has 5 atom stereocenters. The summed E-state index contributed by atoms with van der Waals surface area (Å²) >= 11 is 0. The van der Waals surface area contributed by atoms with E-state index in [9.17, 15) is 4.79 Å². The second-order valence-corrected chi connectivity index (χ2v) is 7.38. The van der Waals surface area contributed by atoms with Crippen molar-refractivity contribution < 1.29 is 19.0 Å². The molecule has 1 saturated carbocycles. The minimum Gasteiger partial charge on any atom is -0.433 e. The Morgan fingerprint density at radius 1 is 1.19 bits per heavy atom. The van der Waals surface area contributed by atoms with Crippen LogP contribution in [-0.2, 0) is 19.0 Å². The Bertz CT molecular complexity index is 388. The number of esters is 1. The molecule has 0 aromatic heterocycles. The zero-order valence-corrected chi connectivity index (χ0v) is 13.5. The van der Waals surface area contributed by atoms with E-state index in [1.165, 1.54) is 6.42 Å². The van der Waals surface area contributed by atoms with Gasteiger partial charge in [-0.1, -0.05) is 20.8 Å². The van der Waals surface area contributed by atoms with Gasteiger partial charge in [-0.2, -0.15) is 0 Å². The fourth-order valence-corrected chi connectivity index (χ4v) is 4.05. The van der Waals surface area contributed by atoms with E-state index in [1.54, 1.807) is 0 Å². The highest BCUT2D eigenvalue weighted by Gasteiger charge is 2.52. The van der Waals surface area contributed by atoms with Crippen molar-refractivity contribution in [2.24, 2.45) is 17.8 Å². The van der Waals surface area contributed by atoms with Crippen molar-refractivity contribution in [1.82, 2.24) is 0 Å². The first-order valence-corrected chi connectivity index (χ1v) is 8.51. The zero-order chi connectivity index (χ0) is 15.0. The van der Waals surface area contributed by atoms with E-state index < -0.39 is 5.79 Å². The third kappa shape index (κ3) is 2.98. The summed E-state index contributed by atoms with van der Waals surface area (Å²) in [5, 5.41) is 0. The van der Waals surface area contributed by atoms with Crippen molar-refractivity contribution in [3.8, 4) is 0 Å². The number of rotatable bonds is 2. The van der Waals surface area contributed by atoms with Gasteiger partial charge in [-0.3, -0.25) is 4.79 Å². The molecular weight excluding hydrogens is 268 g/mol. The molecule has 0 bridgehead atoms. The number of hydrogen-bond donors (Lipinski definition) is 0. The van der Waals surface area contributed by atoms with E-state index in [4.69, 9.17) is 14.2 Å². The predicted octanol–water partition coefficient (Wildman–Crippen LogP) is 3.29. The lowest BCUT2D eigenvalue weighted by atomic mass is 9.73. The van der Waals surface area contributed by atoms with Gasteiger partial charge in [0.1, 0.15) is 0 Å². The summed E-state index contributed by atoms with van der Waals surface area (Å²) < 4.78 is 17.9. The maximum Gasteiger partial charge on any atom is 0.311 e. The van der Waals surface area contributed by atoms with Crippen molar-refractivity contribution in [2.75, 3.05) is 6.61 Å². The van der Waals surface area contributed by atoms with Gasteiger partial charge < -0.3 is 14.2 Å². The fraction of sp³-hybridized carbons (Fsp3) is 0.941. The molecule has 4 nitrogen and oxygen atoms in total. The molecule has 2 saturated heterocycles. The molecule has 2 heterocycles. The second-order valence-electron chi connectivity index (χ2n) is 7.38. The normalized spacial score (nSPS) is 44.3. The van der Waals surface area contributed by atoms with Crippen LogP contribution in [0, 0.1) is 17.8 Å². The van der Waals surface area contributed by atoms with E-state index in [-0.39, 0.29) is 24.1 Å². The van der Waals surface area contributed by atoms with Crippen LogP contribution in [0.25, 0.3) is 0 Å². The highest BCUT2D eigenvalue weighted by Crippen LogP contribution is 2.46. The van der Waals surface area contributed by atoms with Crippen LogP contribution in [-0.4, -0.2) is 30.6 Å². The van der Waals surface area contributed by atoms with E-state index in [2.05, 4.69) is 20.8 Å². The molecule has 0 N–H and O–H groups in total. The minimum absolute atomic E-state index is 0.0707. The van der Waals surface area contributed by atoms with Crippen LogP contribution in [0.5, 0.6) is 0 Å². The Kier molecular flexibility index (Phi) is 4.28. The second kappa shape index (κ2) is 5.88. The first-order valence-electron chi connectivity index (χ1n) is 8.51. The van der Waals surface area contributed by atoms with E-state index in [0.29, 0.717) is 18.3 Å². The van der Waals surface area contributed by atoms with Crippen LogP contribution in [0.2, 0.25) is 0 Å². The standard InChI is InChI=1S/C17H28O4/c1-11(2)13-7-6-12(3)17(10-13)20-15(9-16(18)21-17)14-5-4-8-19-14/h11-15H,4-10H2,1-3H3/t12-,13-,14-,15+,17+/m1/s1. The van der Waals surface area contributed by atoms with Gasteiger partial charge in [0.15, 0.2) is 0 Å². The zero-order valence-electron chi connectivity index (χ0n) is 13.5. The Labute approximate surface area is 127 Å². The lowest BCUT2D eigenvalue weighted by Gasteiger charge is -2.49. The molecule has 0 aromatic rings. The lowest BCUT2D eigenvalue weighted by molar-refractivity contribution is -0.320. The molecule has 0 unspecified atom stereocenters. The SMILES string of the molecule is CC(C)[C@@H]1CC[C@@H](C)[C@]2(C1)OC(=O)C[C@@H]([C@H]1CCCO1)O2. The first kappa shape index (κ1) is 15.3. The average Bonchev–Trinajstić information content (AvgIpc) is 2.95. The Morgan fingerprint density at radius 3 is 2.67 bits per heavy atom. The van der Waals surface area contributed by atoms with Gasteiger partial charge in [0.05, 0.1) is 18.6 Å². The Hall–Kier alpha value is -0.610. The molecule has 4 heteroatoms. The molecule has 1 aliphatic carbocycles. The number of hydrogen-bond acceptors (Lipinski definition) is 4. The van der Waals surface area contributed by atoms with Crippen molar-refractivity contribution >= 4 is 5.97 Å². The molecule has 3 fully saturated rings. The molecular formula is C17H28O4. The van der Waals surface area contributed by atoms with Crippen LogP contribution in [0.15, 0.2) is 0 Å². The Morgan fingerprint density at radius 2 is 2.00 bits per heavy atom. The van der Waals surface area contributed by atoms with Gasteiger partial charge in [0, 0.05) is 18.9 Å². The van der Waals surface area contributed by atoms with Crippen LogP contribution in [0.3, 0.4) is 0 Å². The van der Waals surface area contributed by atoms with E-state index >= 15 is 0 Å². The molecule has 120 valence electrons. The van der Waals surface area contributed by atoms with E-state index in [1.807, 2.05) is 0 Å². The summed E-state index contributed by atoms with van der Waals surface area (Å²) in [6.45, 7) is 7.44. The maximum atomic E-state index is 12.2. The molecule has 0 radical (unpaired) electrons. The Balaban J connectivity index is 1.78. The van der Waals surface area contributed by atoms with Gasteiger partial charge >= 0.3 is 5.97 Å². The van der Waals surface area contributed by atoms with Crippen molar-refractivity contribution in [3.05, 3.63) is 0 Å². The third-order valence-electron chi connectivity index (χ3n) is 5.60. The highest BCUT2D eigenvalue weighted by atomic mass is 16.7. The molecule has 3 aliphatic rings. The molecule has 21 heavy (non-hydrogen) atoms. The maximum absolute atomic E-state index is 12.2. The van der Waals surface area contributed by atoms with Crippen LogP contribution in [0.4, 0.5) is 0 Å².